The largest absolute Gasteiger partial charge is 0.480 e. The van der Waals surface area contributed by atoms with E-state index in [2.05, 4.69) is 10.6 Å². The van der Waals surface area contributed by atoms with Crippen LogP contribution < -0.4 is 16.4 Å². The van der Waals surface area contributed by atoms with Crippen LogP contribution in [0.25, 0.3) is 0 Å². The van der Waals surface area contributed by atoms with Crippen molar-refractivity contribution in [3.63, 3.8) is 0 Å². The third kappa shape index (κ3) is 8.22. The molecule has 0 spiro atoms. The van der Waals surface area contributed by atoms with Crippen molar-refractivity contribution in [2.24, 2.45) is 5.73 Å². The molecular weight excluding hydrogens is 394 g/mol. The van der Waals surface area contributed by atoms with E-state index in [0.29, 0.717) is 19.3 Å². The molecule has 2 amide bonds. The molecule has 31 heavy (non-hydrogen) atoms. The SMILES string of the molecule is CCCC[C@@H](NC(=O)[C@@H](Cc1ccccc1)NC(=O)[C@H](N)Cc1ccccc1)C(=O)O. The number of carboxylic acids is 1. The first-order valence-corrected chi connectivity index (χ1v) is 10.6. The van der Waals surface area contributed by atoms with Crippen LogP contribution in [-0.2, 0) is 27.2 Å². The van der Waals surface area contributed by atoms with Crippen LogP contribution in [0.4, 0.5) is 0 Å². The Balaban J connectivity index is 2.10. The topological polar surface area (TPSA) is 122 Å². The number of rotatable bonds is 12. The number of carbonyl (C=O) groups is 3. The second-order valence-corrected chi connectivity index (χ2v) is 7.59. The molecule has 0 aliphatic carbocycles. The highest BCUT2D eigenvalue weighted by Gasteiger charge is 2.28. The zero-order valence-corrected chi connectivity index (χ0v) is 17.8. The fourth-order valence-corrected chi connectivity index (χ4v) is 3.24. The van der Waals surface area contributed by atoms with Gasteiger partial charge in [-0.2, -0.15) is 0 Å². The van der Waals surface area contributed by atoms with Crippen LogP contribution in [0.5, 0.6) is 0 Å². The zero-order chi connectivity index (χ0) is 22.6. The number of nitrogens with one attached hydrogen (secondary N) is 2. The molecule has 166 valence electrons. The summed E-state index contributed by atoms with van der Waals surface area (Å²) in [5.41, 5.74) is 7.83. The van der Waals surface area contributed by atoms with Crippen molar-refractivity contribution in [1.82, 2.24) is 10.6 Å². The smallest absolute Gasteiger partial charge is 0.326 e. The number of unbranched alkanes of at least 4 members (excludes halogenated alkanes) is 1. The van der Waals surface area contributed by atoms with Gasteiger partial charge in [-0.05, 0) is 24.0 Å². The Morgan fingerprint density at radius 2 is 1.35 bits per heavy atom. The third-order valence-electron chi connectivity index (χ3n) is 5.01. The average Bonchev–Trinajstić information content (AvgIpc) is 2.77. The molecule has 0 heterocycles. The molecule has 0 bridgehead atoms. The lowest BCUT2D eigenvalue weighted by atomic mass is 10.0. The fourth-order valence-electron chi connectivity index (χ4n) is 3.24. The summed E-state index contributed by atoms with van der Waals surface area (Å²) < 4.78 is 0. The van der Waals surface area contributed by atoms with Gasteiger partial charge in [-0.25, -0.2) is 4.79 Å². The van der Waals surface area contributed by atoms with Crippen molar-refractivity contribution >= 4 is 17.8 Å². The minimum atomic E-state index is -1.09. The first-order valence-electron chi connectivity index (χ1n) is 10.6. The number of amides is 2. The van der Waals surface area contributed by atoms with Crippen molar-refractivity contribution in [3.8, 4) is 0 Å². The maximum Gasteiger partial charge on any atom is 0.326 e. The Kier molecular flexibility index (Phi) is 9.71. The molecule has 3 atom stereocenters. The highest BCUT2D eigenvalue weighted by Crippen LogP contribution is 2.08. The molecule has 5 N–H and O–H groups in total. The molecule has 0 fully saturated rings. The standard InChI is InChI=1S/C24H31N3O4/c1-2-3-14-20(24(30)31)26-23(29)21(16-18-12-8-5-9-13-18)27-22(28)19(25)15-17-10-6-4-7-11-17/h4-13,19-21H,2-3,14-16,25H2,1H3,(H,26,29)(H,27,28)(H,30,31)/t19-,20-,21-/m1/s1. The van der Waals surface area contributed by atoms with Crippen LogP contribution in [0.1, 0.15) is 37.3 Å². The van der Waals surface area contributed by atoms with E-state index < -0.39 is 35.9 Å². The van der Waals surface area contributed by atoms with E-state index in [1.165, 1.54) is 0 Å². The quantitative estimate of drug-likeness (QED) is 0.415. The van der Waals surface area contributed by atoms with Crippen molar-refractivity contribution < 1.29 is 19.5 Å². The van der Waals surface area contributed by atoms with Gasteiger partial charge in [0.2, 0.25) is 11.8 Å². The van der Waals surface area contributed by atoms with E-state index in [9.17, 15) is 19.5 Å². The summed E-state index contributed by atoms with van der Waals surface area (Å²) in [5.74, 6) is -2.08. The highest BCUT2D eigenvalue weighted by molar-refractivity contribution is 5.92. The van der Waals surface area contributed by atoms with Gasteiger partial charge in [0.05, 0.1) is 6.04 Å². The second kappa shape index (κ2) is 12.5. The number of carbonyl (C=O) groups excluding carboxylic acids is 2. The summed E-state index contributed by atoms with van der Waals surface area (Å²) in [7, 11) is 0. The fraction of sp³-hybridized carbons (Fsp3) is 0.375. The van der Waals surface area contributed by atoms with Crippen molar-refractivity contribution in [2.45, 2.75) is 57.2 Å². The lowest BCUT2D eigenvalue weighted by molar-refractivity contribution is -0.142. The molecule has 2 rings (SSSR count). The van der Waals surface area contributed by atoms with E-state index >= 15 is 0 Å². The van der Waals surface area contributed by atoms with Crippen LogP contribution >= 0.6 is 0 Å². The summed E-state index contributed by atoms with van der Waals surface area (Å²) in [6.07, 6.45) is 2.39. The van der Waals surface area contributed by atoms with Crippen molar-refractivity contribution in [1.29, 1.82) is 0 Å². The first-order chi connectivity index (χ1) is 14.9. The predicted octanol–water partition coefficient (Wildman–Crippen LogP) is 2.04. The van der Waals surface area contributed by atoms with E-state index in [1.807, 2.05) is 67.6 Å². The van der Waals surface area contributed by atoms with Crippen LogP contribution in [-0.4, -0.2) is 41.0 Å². The monoisotopic (exact) mass is 425 g/mol. The molecule has 7 nitrogen and oxygen atoms in total. The molecule has 0 unspecified atom stereocenters. The third-order valence-corrected chi connectivity index (χ3v) is 5.01. The maximum atomic E-state index is 12.9. The van der Waals surface area contributed by atoms with E-state index in [1.54, 1.807) is 0 Å². The zero-order valence-electron chi connectivity index (χ0n) is 17.8. The van der Waals surface area contributed by atoms with Gasteiger partial charge >= 0.3 is 5.97 Å². The maximum absolute atomic E-state index is 12.9. The Bertz CT molecular complexity index is 842. The number of hydrogen-bond acceptors (Lipinski definition) is 4. The van der Waals surface area contributed by atoms with Crippen LogP contribution in [0.3, 0.4) is 0 Å². The van der Waals surface area contributed by atoms with Gasteiger partial charge in [0.25, 0.3) is 0 Å². The minimum absolute atomic E-state index is 0.233. The Hall–Kier alpha value is -3.19. The van der Waals surface area contributed by atoms with Gasteiger partial charge < -0.3 is 21.5 Å². The number of hydrogen-bond donors (Lipinski definition) is 4. The molecule has 2 aromatic carbocycles. The van der Waals surface area contributed by atoms with Crippen LogP contribution in [0.15, 0.2) is 60.7 Å². The van der Waals surface area contributed by atoms with Crippen LogP contribution in [0, 0.1) is 0 Å². The minimum Gasteiger partial charge on any atom is -0.480 e. The molecule has 0 aliphatic rings. The van der Waals surface area contributed by atoms with Crippen molar-refractivity contribution in [3.05, 3.63) is 71.8 Å². The summed E-state index contributed by atoms with van der Waals surface area (Å²) in [4.78, 5) is 37.2. The summed E-state index contributed by atoms with van der Waals surface area (Å²) in [5, 5.41) is 14.7. The van der Waals surface area contributed by atoms with Crippen molar-refractivity contribution in [2.75, 3.05) is 0 Å². The lowest BCUT2D eigenvalue weighted by Gasteiger charge is -2.23. The molecule has 2 aromatic rings. The molecule has 0 radical (unpaired) electrons. The molecular formula is C24H31N3O4. The molecule has 0 aliphatic heterocycles. The number of aliphatic carboxylic acids is 1. The van der Waals surface area contributed by atoms with Gasteiger partial charge in [-0.1, -0.05) is 80.4 Å². The van der Waals surface area contributed by atoms with Gasteiger partial charge in [0, 0.05) is 6.42 Å². The predicted molar refractivity (Wildman–Crippen MR) is 119 cm³/mol. The average molecular weight is 426 g/mol. The van der Waals surface area contributed by atoms with Gasteiger partial charge in [-0.3, -0.25) is 9.59 Å². The molecule has 0 aromatic heterocycles. The van der Waals surface area contributed by atoms with Gasteiger partial charge in [-0.15, -0.1) is 0 Å². The Labute approximate surface area is 183 Å². The number of benzene rings is 2. The number of carboxylic acid groups (broad SMARTS) is 1. The molecule has 0 saturated carbocycles. The first kappa shape index (κ1) is 24.1. The Morgan fingerprint density at radius 3 is 1.87 bits per heavy atom. The van der Waals surface area contributed by atoms with E-state index in [0.717, 1.165) is 17.5 Å². The molecule has 0 saturated heterocycles. The summed E-state index contributed by atoms with van der Waals surface area (Å²) >= 11 is 0. The van der Waals surface area contributed by atoms with E-state index in [4.69, 9.17) is 5.73 Å². The van der Waals surface area contributed by atoms with Gasteiger partial charge in [0.1, 0.15) is 12.1 Å². The van der Waals surface area contributed by atoms with Gasteiger partial charge in [0.15, 0.2) is 0 Å². The highest BCUT2D eigenvalue weighted by atomic mass is 16.4. The summed E-state index contributed by atoms with van der Waals surface area (Å²) in [6.45, 7) is 1.95. The van der Waals surface area contributed by atoms with E-state index in [-0.39, 0.29) is 6.42 Å². The number of nitrogens with two attached hydrogens (primary N) is 1. The lowest BCUT2D eigenvalue weighted by Crippen LogP contribution is -2.55. The summed E-state index contributed by atoms with van der Waals surface area (Å²) in [6, 6.07) is 15.9. The Morgan fingerprint density at radius 1 is 0.839 bits per heavy atom. The molecule has 7 heteroatoms. The van der Waals surface area contributed by atoms with Crippen LogP contribution in [0.2, 0.25) is 0 Å². The normalized spacial score (nSPS) is 13.6. The second-order valence-electron chi connectivity index (χ2n) is 7.59.